The maximum absolute atomic E-state index is 15.0. The molecule has 0 spiro atoms. The molecule has 0 bridgehead atoms. The molecule has 3 aromatic rings. The maximum atomic E-state index is 15.0. The lowest BCUT2D eigenvalue weighted by Crippen LogP contribution is -2.29. The highest BCUT2D eigenvalue weighted by atomic mass is 32.1. The quantitative estimate of drug-likeness (QED) is 0.222. The fourth-order valence-corrected chi connectivity index (χ4v) is 5.06. The Hall–Kier alpha value is -4.05. The van der Waals surface area contributed by atoms with Gasteiger partial charge >= 0.3 is 11.9 Å². The van der Waals surface area contributed by atoms with Gasteiger partial charge < -0.3 is 14.6 Å². The number of ketones is 1. The Bertz CT molecular complexity index is 1410. The summed E-state index contributed by atoms with van der Waals surface area (Å²) < 4.78 is 25.3. The summed E-state index contributed by atoms with van der Waals surface area (Å²) in [6, 6.07) is 9.12. The molecule has 1 aromatic heterocycles. The smallest absolute Gasteiger partial charge is 0.350 e. The minimum absolute atomic E-state index is 0.00554. The fraction of sp³-hybridized carbons (Fsp3) is 0.231. The molecule has 1 aliphatic rings. The van der Waals surface area contributed by atoms with Crippen LogP contribution in [-0.2, 0) is 14.3 Å². The number of carbonyl (C=O) groups excluding carboxylic acids is 3. The number of aliphatic hydroxyl groups excluding tert-OH is 1. The van der Waals surface area contributed by atoms with Gasteiger partial charge in [0.05, 0.1) is 25.0 Å². The Morgan fingerprint density at radius 3 is 2.56 bits per heavy atom. The summed E-state index contributed by atoms with van der Waals surface area (Å²) in [6.45, 7) is 5.14. The van der Waals surface area contributed by atoms with Crippen LogP contribution in [0.3, 0.4) is 0 Å². The number of esters is 1. The lowest BCUT2D eigenvalue weighted by molar-refractivity contribution is -0.132. The second kappa shape index (κ2) is 9.90. The van der Waals surface area contributed by atoms with Crippen molar-refractivity contribution in [1.82, 2.24) is 4.98 Å². The number of thiazole rings is 1. The molecule has 2 heterocycles. The number of hydrogen-bond donors (Lipinski definition) is 1. The molecule has 186 valence electrons. The minimum atomic E-state index is -1.31. The number of aryl methyl sites for hydroxylation is 2. The van der Waals surface area contributed by atoms with E-state index in [1.54, 1.807) is 45.0 Å². The van der Waals surface area contributed by atoms with Crippen LogP contribution in [0.2, 0.25) is 0 Å². The highest BCUT2D eigenvalue weighted by Crippen LogP contribution is 2.44. The van der Waals surface area contributed by atoms with Crippen LogP contribution in [0.25, 0.3) is 5.76 Å². The van der Waals surface area contributed by atoms with Crippen molar-refractivity contribution in [3.05, 3.63) is 81.1 Å². The number of aromatic nitrogens is 1. The van der Waals surface area contributed by atoms with Crippen LogP contribution < -0.4 is 9.64 Å². The van der Waals surface area contributed by atoms with E-state index in [9.17, 15) is 19.5 Å². The van der Waals surface area contributed by atoms with Crippen LogP contribution >= 0.6 is 11.3 Å². The zero-order valence-electron chi connectivity index (χ0n) is 20.0. The molecule has 0 unspecified atom stereocenters. The van der Waals surface area contributed by atoms with Crippen molar-refractivity contribution in [3.8, 4) is 5.75 Å². The van der Waals surface area contributed by atoms with Gasteiger partial charge in [-0.05, 0) is 50.6 Å². The second-order valence-electron chi connectivity index (χ2n) is 8.01. The monoisotopic (exact) mass is 510 g/mol. The Morgan fingerprint density at radius 2 is 1.92 bits per heavy atom. The Morgan fingerprint density at radius 1 is 1.19 bits per heavy atom. The highest BCUT2D eigenvalue weighted by molar-refractivity contribution is 7.17. The van der Waals surface area contributed by atoms with Gasteiger partial charge in [-0.1, -0.05) is 29.5 Å². The van der Waals surface area contributed by atoms with Crippen LogP contribution in [-0.4, -0.2) is 41.5 Å². The number of anilines is 1. The van der Waals surface area contributed by atoms with E-state index in [-0.39, 0.29) is 33.3 Å². The topological polar surface area (TPSA) is 106 Å². The second-order valence-corrected chi connectivity index (χ2v) is 8.98. The number of benzene rings is 2. The van der Waals surface area contributed by atoms with Gasteiger partial charge in [-0.25, -0.2) is 14.2 Å². The minimum Gasteiger partial charge on any atom is -0.507 e. The number of Topliss-reactive ketones (excluding diaryl/α,β-unsaturated/α-hetero) is 1. The predicted octanol–water partition coefficient (Wildman–Crippen LogP) is 4.71. The molecule has 1 saturated heterocycles. The third kappa shape index (κ3) is 4.24. The van der Waals surface area contributed by atoms with E-state index in [0.29, 0.717) is 17.0 Å². The van der Waals surface area contributed by atoms with Crippen molar-refractivity contribution >= 4 is 39.9 Å². The Kier molecular flexibility index (Phi) is 6.89. The number of rotatable bonds is 6. The van der Waals surface area contributed by atoms with Crippen molar-refractivity contribution in [3.63, 3.8) is 0 Å². The molecule has 4 rings (SSSR count). The molecule has 1 N–H and O–H groups in total. The van der Waals surface area contributed by atoms with Crippen LogP contribution in [0.5, 0.6) is 5.75 Å². The number of hydrogen-bond acceptors (Lipinski definition) is 8. The van der Waals surface area contributed by atoms with Crippen molar-refractivity contribution in [2.45, 2.75) is 26.8 Å². The van der Waals surface area contributed by atoms with Crippen molar-refractivity contribution in [2.75, 3.05) is 18.6 Å². The lowest BCUT2D eigenvalue weighted by atomic mass is 9.94. The lowest BCUT2D eigenvalue weighted by Gasteiger charge is -2.23. The average molecular weight is 511 g/mol. The Labute approximate surface area is 210 Å². The van der Waals surface area contributed by atoms with Gasteiger partial charge in [0.15, 0.2) is 5.13 Å². The molecule has 0 aliphatic carbocycles. The number of aliphatic hydroxyl groups is 1. The number of carbonyl (C=O) groups is 3. The summed E-state index contributed by atoms with van der Waals surface area (Å²) in [7, 11) is 1.51. The zero-order chi connectivity index (χ0) is 26.1. The summed E-state index contributed by atoms with van der Waals surface area (Å²) in [4.78, 5) is 44.4. The molecule has 2 aromatic carbocycles. The number of ether oxygens (including phenoxy) is 2. The van der Waals surface area contributed by atoms with Crippen molar-refractivity contribution in [1.29, 1.82) is 0 Å². The van der Waals surface area contributed by atoms with Gasteiger partial charge in [0.25, 0.3) is 5.78 Å². The summed E-state index contributed by atoms with van der Waals surface area (Å²) in [5, 5.41) is 11.2. The van der Waals surface area contributed by atoms with Crippen molar-refractivity contribution < 1.29 is 33.4 Å². The first-order valence-electron chi connectivity index (χ1n) is 11.0. The van der Waals surface area contributed by atoms with Gasteiger partial charge in [0.2, 0.25) is 0 Å². The summed E-state index contributed by atoms with van der Waals surface area (Å²) in [5.74, 6) is -3.19. The van der Waals surface area contributed by atoms with Crippen LogP contribution in [0, 0.1) is 19.7 Å². The maximum Gasteiger partial charge on any atom is 0.350 e. The number of nitrogens with zero attached hydrogens (tertiary/aromatic N) is 2. The molecular weight excluding hydrogens is 487 g/mol. The first-order chi connectivity index (χ1) is 17.2. The third-order valence-corrected chi connectivity index (χ3v) is 6.90. The molecular formula is C26H23FN2O6S. The summed E-state index contributed by atoms with van der Waals surface area (Å²) in [6.07, 6.45) is 0. The molecule has 36 heavy (non-hydrogen) atoms. The summed E-state index contributed by atoms with van der Waals surface area (Å²) in [5.41, 5.74) is 0.950. The standard InChI is InChI=1S/C26H23FN2O6S/c1-5-35-25(33)23-14(3)28-26(36-23)29-20(16-8-6-7-9-17(16)27)19(22(31)24(29)32)21(30)15-10-11-18(34-4)13(2)12-15/h6-12,20,30H,5H2,1-4H3/b21-19+/t20-/m1/s1. The fourth-order valence-electron chi connectivity index (χ4n) is 4.07. The van der Waals surface area contributed by atoms with E-state index >= 15 is 4.39 Å². The van der Waals surface area contributed by atoms with Crippen LogP contribution in [0.15, 0.2) is 48.0 Å². The number of amides is 1. The van der Waals surface area contributed by atoms with E-state index in [2.05, 4.69) is 4.98 Å². The molecule has 8 nitrogen and oxygen atoms in total. The molecule has 10 heteroatoms. The first kappa shape index (κ1) is 25.1. The molecule has 0 saturated carbocycles. The first-order valence-corrected chi connectivity index (χ1v) is 11.9. The summed E-state index contributed by atoms with van der Waals surface area (Å²) >= 11 is 0.856. The molecule has 1 aliphatic heterocycles. The van der Waals surface area contributed by atoms with Gasteiger partial charge in [-0.2, -0.15) is 0 Å². The van der Waals surface area contributed by atoms with E-state index in [0.717, 1.165) is 16.2 Å². The van der Waals surface area contributed by atoms with Gasteiger partial charge in [0, 0.05) is 11.1 Å². The van der Waals surface area contributed by atoms with Crippen LogP contribution in [0.1, 0.15) is 45.0 Å². The molecule has 1 atom stereocenters. The normalized spacial score (nSPS) is 16.9. The van der Waals surface area contributed by atoms with Gasteiger partial charge in [0.1, 0.15) is 28.2 Å². The molecule has 1 fully saturated rings. The zero-order valence-corrected chi connectivity index (χ0v) is 20.8. The SMILES string of the molecule is CCOC(=O)c1sc(N2C(=O)C(=O)/C(=C(/O)c3ccc(OC)c(C)c3)[C@H]2c2ccccc2F)nc1C. The van der Waals surface area contributed by atoms with Crippen molar-refractivity contribution in [2.24, 2.45) is 0 Å². The van der Waals surface area contributed by atoms with E-state index in [1.807, 2.05) is 0 Å². The Balaban J connectivity index is 1.93. The average Bonchev–Trinajstić information content (AvgIpc) is 3.36. The highest BCUT2D eigenvalue weighted by Gasteiger charge is 2.49. The predicted molar refractivity (Wildman–Crippen MR) is 132 cm³/mol. The van der Waals surface area contributed by atoms with E-state index in [4.69, 9.17) is 9.47 Å². The number of methoxy groups -OCH3 is 1. The molecule has 0 radical (unpaired) electrons. The van der Waals surface area contributed by atoms with Crippen LogP contribution in [0.4, 0.5) is 9.52 Å². The van der Waals surface area contributed by atoms with E-state index < -0.39 is 35.3 Å². The van der Waals surface area contributed by atoms with Gasteiger partial charge in [-0.3, -0.25) is 14.5 Å². The largest absolute Gasteiger partial charge is 0.507 e. The third-order valence-electron chi connectivity index (χ3n) is 5.76. The van der Waals surface area contributed by atoms with E-state index in [1.165, 1.54) is 25.3 Å². The number of halogens is 1. The molecule has 1 amide bonds. The van der Waals surface area contributed by atoms with Gasteiger partial charge in [-0.15, -0.1) is 0 Å².